The molecule has 0 radical (unpaired) electrons. The third-order valence-electron chi connectivity index (χ3n) is 5.10. The van der Waals surface area contributed by atoms with Gasteiger partial charge < -0.3 is 11.1 Å². The van der Waals surface area contributed by atoms with Gasteiger partial charge in [0, 0.05) is 30.8 Å². The Hall–Kier alpha value is -4.01. The monoisotopic (exact) mass is 404 g/mol. The number of amides is 3. The zero-order valence-corrected chi connectivity index (χ0v) is 16.5. The van der Waals surface area contributed by atoms with Crippen LogP contribution in [0.15, 0.2) is 48.7 Å². The van der Waals surface area contributed by atoms with Crippen LogP contribution in [0.3, 0.4) is 0 Å². The predicted molar refractivity (Wildman–Crippen MR) is 110 cm³/mol. The Kier molecular flexibility index (Phi) is 4.78. The van der Waals surface area contributed by atoms with Crippen LogP contribution in [0.25, 0.3) is 5.82 Å². The third-order valence-corrected chi connectivity index (χ3v) is 5.10. The highest BCUT2D eigenvalue weighted by Crippen LogP contribution is 2.38. The summed E-state index contributed by atoms with van der Waals surface area (Å²) in [5.74, 6) is -1.01. The molecule has 0 bridgehead atoms. The fraction of sp³-hybridized carbons (Fsp3) is 0.190. The second-order valence-electron chi connectivity index (χ2n) is 6.94. The second-order valence-corrected chi connectivity index (χ2v) is 6.94. The number of aromatic nitrogens is 3. The summed E-state index contributed by atoms with van der Waals surface area (Å²) in [4.78, 5) is 43.2. The molecule has 9 nitrogen and oxygen atoms in total. The number of pyridine rings is 1. The van der Waals surface area contributed by atoms with Crippen LogP contribution in [0, 0.1) is 6.92 Å². The van der Waals surface area contributed by atoms with Gasteiger partial charge in [-0.15, -0.1) is 0 Å². The summed E-state index contributed by atoms with van der Waals surface area (Å²) in [6.07, 6.45) is 1.60. The molecule has 3 heterocycles. The maximum absolute atomic E-state index is 13.2. The van der Waals surface area contributed by atoms with Crippen molar-refractivity contribution in [2.45, 2.75) is 19.3 Å². The molecular formula is C21H20N6O3. The Morgan fingerprint density at radius 2 is 2.00 bits per heavy atom. The molecular weight excluding hydrogens is 384 g/mol. The molecule has 1 fully saturated rings. The van der Waals surface area contributed by atoms with E-state index >= 15 is 0 Å². The predicted octanol–water partition coefficient (Wildman–Crippen LogP) is 1.56. The molecule has 1 unspecified atom stereocenters. The summed E-state index contributed by atoms with van der Waals surface area (Å²) in [7, 11) is 1.52. The van der Waals surface area contributed by atoms with E-state index in [9.17, 15) is 14.4 Å². The zero-order chi connectivity index (χ0) is 21.4. The number of hydrogen-bond donors (Lipinski definition) is 2. The third kappa shape index (κ3) is 3.10. The number of nitrogens with one attached hydrogen (secondary N) is 1. The van der Waals surface area contributed by atoms with Gasteiger partial charge in [-0.2, -0.15) is 9.78 Å². The minimum Gasteiger partial charge on any atom is -0.383 e. The number of benzene rings is 1. The number of nitrogens with two attached hydrogens (primary N) is 1. The molecule has 1 aliphatic rings. The topological polar surface area (TPSA) is 123 Å². The SMILES string of the molecule is CNC(=O)c1cccc(N2C(=O)CC(c3c(C)nn(-c4ccccn4)c3N)C2=O)c1. The summed E-state index contributed by atoms with van der Waals surface area (Å²) in [6, 6.07) is 11.7. The van der Waals surface area contributed by atoms with Gasteiger partial charge in [-0.1, -0.05) is 12.1 Å². The first-order valence-electron chi connectivity index (χ1n) is 9.37. The van der Waals surface area contributed by atoms with Crippen LogP contribution in [-0.4, -0.2) is 39.5 Å². The van der Waals surface area contributed by atoms with Crippen molar-refractivity contribution >= 4 is 29.2 Å². The number of carbonyl (C=O) groups excluding carboxylic acids is 3. The van der Waals surface area contributed by atoms with Gasteiger partial charge in [-0.25, -0.2) is 9.88 Å². The summed E-state index contributed by atoms with van der Waals surface area (Å²) < 4.78 is 1.47. The van der Waals surface area contributed by atoms with Crippen molar-refractivity contribution in [2.75, 3.05) is 17.7 Å². The highest BCUT2D eigenvalue weighted by molar-refractivity contribution is 6.23. The Morgan fingerprint density at radius 1 is 1.20 bits per heavy atom. The maximum Gasteiger partial charge on any atom is 0.251 e. The smallest absolute Gasteiger partial charge is 0.251 e. The molecule has 3 aromatic rings. The minimum atomic E-state index is -0.751. The zero-order valence-electron chi connectivity index (χ0n) is 16.5. The van der Waals surface area contributed by atoms with E-state index in [-0.39, 0.29) is 24.1 Å². The Morgan fingerprint density at radius 3 is 2.70 bits per heavy atom. The lowest BCUT2D eigenvalue weighted by Crippen LogP contribution is -2.30. The quantitative estimate of drug-likeness (QED) is 0.636. The van der Waals surface area contributed by atoms with Crippen LogP contribution in [-0.2, 0) is 9.59 Å². The number of rotatable bonds is 4. The molecule has 1 saturated heterocycles. The van der Waals surface area contributed by atoms with E-state index in [1.165, 1.54) is 17.8 Å². The van der Waals surface area contributed by atoms with Gasteiger partial charge in [-0.05, 0) is 37.3 Å². The second kappa shape index (κ2) is 7.43. The number of nitrogen functional groups attached to an aromatic ring is 1. The molecule has 0 aliphatic carbocycles. The normalized spacial score (nSPS) is 16.2. The number of aryl methyl sites for hydroxylation is 1. The van der Waals surface area contributed by atoms with Crippen molar-refractivity contribution in [1.29, 1.82) is 0 Å². The summed E-state index contributed by atoms with van der Waals surface area (Å²) >= 11 is 0. The largest absolute Gasteiger partial charge is 0.383 e. The van der Waals surface area contributed by atoms with Crippen molar-refractivity contribution in [2.24, 2.45) is 0 Å². The summed E-state index contributed by atoms with van der Waals surface area (Å²) in [5.41, 5.74) is 8.10. The molecule has 0 saturated carbocycles. The lowest BCUT2D eigenvalue weighted by molar-refractivity contribution is -0.121. The van der Waals surface area contributed by atoms with Gasteiger partial charge in [0.05, 0.1) is 17.3 Å². The van der Waals surface area contributed by atoms with Crippen LogP contribution < -0.4 is 16.0 Å². The Bertz CT molecular complexity index is 1150. The lowest BCUT2D eigenvalue weighted by Gasteiger charge is -2.16. The Balaban J connectivity index is 1.71. The molecule has 9 heteroatoms. The van der Waals surface area contributed by atoms with E-state index in [4.69, 9.17) is 5.73 Å². The van der Waals surface area contributed by atoms with Crippen molar-refractivity contribution in [3.63, 3.8) is 0 Å². The van der Waals surface area contributed by atoms with E-state index in [2.05, 4.69) is 15.4 Å². The van der Waals surface area contributed by atoms with E-state index in [1.807, 2.05) is 6.07 Å². The standard InChI is InChI=1S/C21H20N6O3/c1-12-18(19(22)27(25-12)16-8-3-4-9-24-16)15-11-17(28)26(21(15)30)14-7-5-6-13(10-14)20(29)23-2/h3-10,15H,11,22H2,1-2H3,(H,23,29). The van der Waals surface area contributed by atoms with E-state index in [0.29, 0.717) is 28.3 Å². The van der Waals surface area contributed by atoms with Crippen molar-refractivity contribution in [3.8, 4) is 5.82 Å². The van der Waals surface area contributed by atoms with Gasteiger partial charge >= 0.3 is 0 Å². The fourth-order valence-electron chi connectivity index (χ4n) is 3.70. The van der Waals surface area contributed by atoms with Crippen molar-refractivity contribution in [1.82, 2.24) is 20.1 Å². The molecule has 152 valence electrons. The lowest BCUT2D eigenvalue weighted by atomic mass is 9.97. The van der Waals surface area contributed by atoms with Crippen LogP contribution in [0.2, 0.25) is 0 Å². The highest BCUT2D eigenvalue weighted by atomic mass is 16.2. The molecule has 0 spiro atoms. The van der Waals surface area contributed by atoms with E-state index < -0.39 is 11.8 Å². The van der Waals surface area contributed by atoms with Crippen molar-refractivity contribution < 1.29 is 14.4 Å². The highest BCUT2D eigenvalue weighted by Gasteiger charge is 2.43. The number of hydrogen-bond acceptors (Lipinski definition) is 6. The number of imide groups is 1. The minimum absolute atomic E-state index is 0.0258. The first-order valence-corrected chi connectivity index (χ1v) is 9.37. The van der Waals surface area contributed by atoms with Gasteiger partial charge in [0.25, 0.3) is 5.91 Å². The van der Waals surface area contributed by atoms with Crippen molar-refractivity contribution in [3.05, 3.63) is 65.5 Å². The summed E-state index contributed by atoms with van der Waals surface area (Å²) in [5, 5.41) is 6.95. The fourth-order valence-corrected chi connectivity index (χ4v) is 3.70. The van der Waals surface area contributed by atoms with Gasteiger partial charge in [0.15, 0.2) is 5.82 Å². The number of anilines is 2. The van der Waals surface area contributed by atoms with Crippen LogP contribution in [0.5, 0.6) is 0 Å². The molecule has 3 N–H and O–H groups in total. The van der Waals surface area contributed by atoms with Crippen LogP contribution >= 0.6 is 0 Å². The molecule has 2 aromatic heterocycles. The molecule has 30 heavy (non-hydrogen) atoms. The Labute approximate surface area is 172 Å². The molecule has 1 aliphatic heterocycles. The number of carbonyl (C=O) groups is 3. The van der Waals surface area contributed by atoms with Gasteiger partial charge in [0.1, 0.15) is 5.82 Å². The molecule has 3 amide bonds. The van der Waals surface area contributed by atoms with Gasteiger partial charge in [0.2, 0.25) is 11.8 Å². The molecule has 1 atom stereocenters. The van der Waals surface area contributed by atoms with Gasteiger partial charge in [-0.3, -0.25) is 14.4 Å². The summed E-state index contributed by atoms with van der Waals surface area (Å²) in [6.45, 7) is 1.75. The number of nitrogens with zero attached hydrogens (tertiary/aromatic N) is 4. The van der Waals surface area contributed by atoms with E-state index in [0.717, 1.165) is 4.90 Å². The molecule has 1 aromatic carbocycles. The first-order chi connectivity index (χ1) is 14.4. The maximum atomic E-state index is 13.2. The molecule has 4 rings (SSSR count). The van der Waals surface area contributed by atoms with Crippen LogP contribution in [0.4, 0.5) is 11.5 Å². The van der Waals surface area contributed by atoms with E-state index in [1.54, 1.807) is 43.5 Å². The first kappa shape index (κ1) is 19.3. The van der Waals surface area contributed by atoms with Crippen LogP contribution in [0.1, 0.15) is 34.0 Å². The average molecular weight is 404 g/mol. The average Bonchev–Trinajstić information content (AvgIpc) is 3.22.